The van der Waals surface area contributed by atoms with Gasteiger partial charge in [0.2, 0.25) is 5.91 Å². The van der Waals surface area contributed by atoms with Gasteiger partial charge in [0.25, 0.3) is 11.1 Å². The van der Waals surface area contributed by atoms with Crippen molar-refractivity contribution in [2.75, 3.05) is 32.8 Å². The van der Waals surface area contributed by atoms with Gasteiger partial charge in [-0.25, -0.2) is 4.39 Å². The Morgan fingerprint density at radius 3 is 2.56 bits per heavy atom. The fourth-order valence-corrected chi connectivity index (χ4v) is 4.13. The number of hydrogen-bond donors (Lipinski definition) is 0. The number of rotatable bonds is 6. The van der Waals surface area contributed by atoms with Crippen molar-refractivity contribution >= 4 is 34.9 Å². The minimum absolute atomic E-state index is 0.223. The third kappa shape index (κ3) is 5.17. The lowest BCUT2D eigenvalue weighted by atomic mass is 10.1. The maximum Gasteiger partial charge on any atom is 0.294 e. The zero-order valence-electron chi connectivity index (χ0n) is 17.2. The lowest BCUT2D eigenvalue weighted by molar-refractivity contribution is -0.139. The molecule has 2 heterocycles. The van der Waals surface area contributed by atoms with Gasteiger partial charge in [-0.3, -0.25) is 19.3 Å². The molecular formula is C23H21FN2O5S. The maximum absolute atomic E-state index is 13.1. The molecule has 0 aliphatic carbocycles. The first-order chi connectivity index (χ1) is 15.5. The molecule has 3 amide bonds. The number of imide groups is 1. The van der Waals surface area contributed by atoms with Gasteiger partial charge in [0, 0.05) is 18.7 Å². The monoisotopic (exact) mass is 456 g/mol. The van der Waals surface area contributed by atoms with Crippen molar-refractivity contribution in [3.05, 3.63) is 70.4 Å². The molecule has 0 spiro atoms. The SMILES string of the molecule is O=C(CN1C(=O)S/C(=C/c2ccccc2OCc2ccc(F)cc2)C1=O)N1CCOCC1. The van der Waals surface area contributed by atoms with Gasteiger partial charge in [-0.15, -0.1) is 0 Å². The highest BCUT2D eigenvalue weighted by molar-refractivity contribution is 8.18. The number of benzene rings is 2. The largest absolute Gasteiger partial charge is 0.488 e. The normalized spacial score (nSPS) is 17.8. The molecule has 0 saturated carbocycles. The van der Waals surface area contributed by atoms with E-state index in [0.29, 0.717) is 37.6 Å². The number of hydrogen-bond acceptors (Lipinski definition) is 6. The highest BCUT2D eigenvalue weighted by Crippen LogP contribution is 2.34. The Morgan fingerprint density at radius 2 is 1.81 bits per heavy atom. The highest BCUT2D eigenvalue weighted by atomic mass is 32.2. The van der Waals surface area contributed by atoms with Gasteiger partial charge in [0.15, 0.2) is 0 Å². The average molecular weight is 456 g/mol. The molecular weight excluding hydrogens is 435 g/mol. The number of thioether (sulfide) groups is 1. The molecule has 0 bridgehead atoms. The van der Waals surface area contributed by atoms with E-state index < -0.39 is 11.1 Å². The minimum Gasteiger partial charge on any atom is -0.488 e. The topological polar surface area (TPSA) is 76.2 Å². The van der Waals surface area contributed by atoms with Crippen LogP contribution in [0, 0.1) is 5.82 Å². The van der Waals surface area contributed by atoms with E-state index >= 15 is 0 Å². The van der Waals surface area contributed by atoms with Crippen molar-refractivity contribution in [3.63, 3.8) is 0 Å². The minimum atomic E-state index is -0.505. The summed E-state index contributed by atoms with van der Waals surface area (Å²) in [6, 6.07) is 13.1. The van der Waals surface area contributed by atoms with E-state index in [1.807, 2.05) is 0 Å². The van der Waals surface area contributed by atoms with Crippen LogP contribution < -0.4 is 4.74 Å². The molecule has 0 atom stereocenters. The van der Waals surface area contributed by atoms with Gasteiger partial charge >= 0.3 is 0 Å². The first-order valence-corrected chi connectivity index (χ1v) is 10.9. The van der Waals surface area contributed by atoms with Crippen LogP contribution in [0.5, 0.6) is 5.75 Å². The molecule has 9 heteroatoms. The van der Waals surface area contributed by atoms with Crippen molar-refractivity contribution in [1.29, 1.82) is 0 Å². The summed E-state index contributed by atoms with van der Waals surface area (Å²) >= 11 is 0.796. The third-order valence-electron chi connectivity index (χ3n) is 5.04. The molecule has 2 aliphatic heterocycles. The lowest BCUT2D eigenvalue weighted by Gasteiger charge is -2.28. The van der Waals surface area contributed by atoms with Gasteiger partial charge in [0.1, 0.15) is 24.7 Å². The van der Waals surface area contributed by atoms with Crippen LogP contribution in [-0.4, -0.2) is 59.7 Å². The van der Waals surface area contributed by atoms with Crippen molar-refractivity contribution in [2.45, 2.75) is 6.61 Å². The molecule has 2 fully saturated rings. The second-order valence-corrected chi connectivity index (χ2v) is 8.21. The van der Waals surface area contributed by atoms with Crippen LogP contribution in [0.15, 0.2) is 53.4 Å². The summed E-state index contributed by atoms with van der Waals surface area (Å²) in [5, 5.41) is -0.479. The molecule has 0 unspecified atom stereocenters. The summed E-state index contributed by atoms with van der Waals surface area (Å²) in [5.41, 5.74) is 1.42. The standard InChI is InChI=1S/C23H21FN2O5S/c24-18-7-5-16(6-8-18)15-31-19-4-2-1-3-17(19)13-20-22(28)26(23(29)32-20)14-21(27)25-9-11-30-12-10-25/h1-8,13H,9-12,14-15H2/b20-13+. The molecule has 2 aromatic rings. The van der Waals surface area contributed by atoms with Crippen molar-refractivity contribution < 1.29 is 28.2 Å². The molecule has 2 saturated heterocycles. The fraction of sp³-hybridized carbons (Fsp3) is 0.261. The van der Waals surface area contributed by atoms with E-state index in [1.54, 1.807) is 47.4 Å². The summed E-state index contributed by atoms with van der Waals surface area (Å²) in [5.74, 6) is -0.583. The van der Waals surface area contributed by atoms with Crippen LogP contribution >= 0.6 is 11.8 Å². The van der Waals surface area contributed by atoms with Crippen LogP contribution in [0.3, 0.4) is 0 Å². The summed E-state index contributed by atoms with van der Waals surface area (Å²) in [7, 11) is 0. The van der Waals surface area contributed by atoms with Crippen LogP contribution in [0.1, 0.15) is 11.1 Å². The van der Waals surface area contributed by atoms with E-state index in [0.717, 1.165) is 22.2 Å². The number of nitrogens with zero attached hydrogens (tertiary/aromatic N) is 2. The molecule has 32 heavy (non-hydrogen) atoms. The Labute approximate surface area is 188 Å². The predicted molar refractivity (Wildman–Crippen MR) is 117 cm³/mol. The van der Waals surface area contributed by atoms with E-state index in [1.165, 1.54) is 12.1 Å². The number of halogens is 1. The van der Waals surface area contributed by atoms with Gasteiger partial charge in [-0.2, -0.15) is 0 Å². The first-order valence-electron chi connectivity index (χ1n) is 10.1. The maximum atomic E-state index is 13.1. The van der Waals surface area contributed by atoms with Gasteiger partial charge in [0.05, 0.1) is 18.1 Å². The van der Waals surface area contributed by atoms with E-state index in [4.69, 9.17) is 9.47 Å². The molecule has 0 radical (unpaired) electrons. The third-order valence-corrected chi connectivity index (χ3v) is 5.95. The second-order valence-electron chi connectivity index (χ2n) is 7.21. The van der Waals surface area contributed by atoms with Crippen molar-refractivity contribution in [2.24, 2.45) is 0 Å². The number of carbonyl (C=O) groups excluding carboxylic acids is 3. The van der Waals surface area contributed by atoms with Crippen molar-refractivity contribution in [1.82, 2.24) is 9.80 Å². The Morgan fingerprint density at radius 1 is 1.09 bits per heavy atom. The number of morpholine rings is 1. The van der Waals surface area contributed by atoms with Gasteiger partial charge in [-0.1, -0.05) is 30.3 Å². The molecule has 166 valence electrons. The van der Waals surface area contributed by atoms with E-state index in [2.05, 4.69) is 0 Å². The average Bonchev–Trinajstić information content (AvgIpc) is 3.07. The van der Waals surface area contributed by atoms with Crippen LogP contribution in [0.4, 0.5) is 9.18 Å². The predicted octanol–water partition coefficient (Wildman–Crippen LogP) is 3.30. The Hall–Kier alpha value is -3.17. The second kappa shape index (κ2) is 9.97. The Bertz CT molecular complexity index is 1050. The number of carbonyl (C=O) groups is 3. The molecule has 7 nitrogen and oxygen atoms in total. The quantitative estimate of drug-likeness (QED) is 0.621. The van der Waals surface area contributed by atoms with Crippen LogP contribution in [0.2, 0.25) is 0 Å². The number of ether oxygens (including phenoxy) is 2. The summed E-state index contributed by atoms with van der Waals surface area (Å²) in [6.07, 6.45) is 1.59. The van der Waals surface area contributed by atoms with E-state index in [-0.39, 0.29) is 29.8 Å². The number of amides is 3. The van der Waals surface area contributed by atoms with Crippen molar-refractivity contribution in [3.8, 4) is 5.75 Å². The molecule has 2 aromatic carbocycles. The fourth-order valence-electron chi connectivity index (χ4n) is 3.30. The summed E-state index contributed by atoms with van der Waals surface area (Å²) < 4.78 is 24.2. The zero-order chi connectivity index (χ0) is 22.5. The molecule has 0 aromatic heterocycles. The number of para-hydroxylation sites is 1. The summed E-state index contributed by atoms with van der Waals surface area (Å²) in [6.45, 7) is 1.73. The van der Waals surface area contributed by atoms with Crippen LogP contribution in [0.25, 0.3) is 6.08 Å². The zero-order valence-corrected chi connectivity index (χ0v) is 18.0. The van der Waals surface area contributed by atoms with E-state index in [9.17, 15) is 18.8 Å². The first kappa shape index (κ1) is 22.0. The molecule has 0 N–H and O–H groups in total. The Balaban J connectivity index is 1.45. The smallest absolute Gasteiger partial charge is 0.294 e. The lowest BCUT2D eigenvalue weighted by Crippen LogP contribution is -2.46. The molecule has 4 rings (SSSR count). The highest BCUT2D eigenvalue weighted by Gasteiger charge is 2.37. The van der Waals surface area contributed by atoms with Gasteiger partial charge < -0.3 is 14.4 Å². The van der Waals surface area contributed by atoms with Gasteiger partial charge in [-0.05, 0) is 41.6 Å². The Kier molecular flexibility index (Phi) is 6.87. The summed E-state index contributed by atoms with van der Waals surface area (Å²) in [4.78, 5) is 40.4. The van der Waals surface area contributed by atoms with Crippen LogP contribution in [-0.2, 0) is 20.9 Å². The molecule has 2 aliphatic rings.